The summed E-state index contributed by atoms with van der Waals surface area (Å²) >= 11 is 5.16. The number of fused-ring (bicyclic) bond motifs is 1. The Bertz CT molecular complexity index is 416. The van der Waals surface area contributed by atoms with Gasteiger partial charge in [0.2, 0.25) is 0 Å². The van der Waals surface area contributed by atoms with Crippen LogP contribution < -0.4 is 0 Å². The monoisotopic (exact) mass is 234 g/mol. The van der Waals surface area contributed by atoms with Gasteiger partial charge in [0, 0.05) is 30.0 Å². The van der Waals surface area contributed by atoms with Gasteiger partial charge in [-0.1, -0.05) is 42.9 Å². The first-order chi connectivity index (χ1) is 7.69. The molecule has 2 rings (SSSR count). The average molecular weight is 234 g/mol. The third-order valence-corrected chi connectivity index (χ3v) is 3.09. The molecule has 2 nitrogen and oxygen atoms in total. The van der Waals surface area contributed by atoms with Crippen LogP contribution in [0.4, 0.5) is 0 Å². The average Bonchev–Trinajstić information content (AvgIpc) is 2.29. The van der Waals surface area contributed by atoms with Gasteiger partial charge in [-0.2, -0.15) is 0 Å². The minimum Gasteiger partial charge on any atom is -0.431 e. The molecular weight excluding hydrogens is 220 g/mol. The second-order valence-electron chi connectivity index (χ2n) is 4.02. The van der Waals surface area contributed by atoms with Crippen LogP contribution in [0.2, 0.25) is 0 Å². The molecule has 0 radical (unpaired) electrons. The lowest BCUT2D eigenvalue weighted by atomic mass is 9.84. The van der Waals surface area contributed by atoms with Crippen molar-refractivity contribution in [3.8, 4) is 0 Å². The number of ether oxygens (including phenoxy) is 1. The maximum atomic E-state index is 11.2. The quantitative estimate of drug-likeness (QED) is 0.542. The summed E-state index contributed by atoms with van der Waals surface area (Å²) in [6.07, 6.45) is 10.1. The molecule has 0 heterocycles. The molecule has 0 aromatic heterocycles. The van der Waals surface area contributed by atoms with Gasteiger partial charge in [0.05, 0.1) is 0 Å². The Hall–Kier alpha value is -1.22. The SMILES string of the molecule is CCC(=O)OC1=CC=C2CC(=S)C=CC2C1. The zero-order chi connectivity index (χ0) is 11.5. The summed E-state index contributed by atoms with van der Waals surface area (Å²) in [7, 11) is 0. The summed E-state index contributed by atoms with van der Waals surface area (Å²) in [5.41, 5.74) is 1.32. The number of thiocarbonyl (C=S) groups is 1. The second-order valence-corrected chi connectivity index (χ2v) is 4.54. The van der Waals surface area contributed by atoms with Gasteiger partial charge in [0.15, 0.2) is 0 Å². The van der Waals surface area contributed by atoms with Crippen LogP contribution in [0.25, 0.3) is 0 Å². The number of allylic oxidation sites excluding steroid dienone is 6. The first-order valence-corrected chi connectivity index (χ1v) is 5.91. The van der Waals surface area contributed by atoms with E-state index < -0.39 is 0 Å². The van der Waals surface area contributed by atoms with E-state index in [-0.39, 0.29) is 5.97 Å². The van der Waals surface area contributed by atoms with Gasteiger partial charge >= 0.3 is 5.97 Å². The molecule has 1 atom stereocenters. The second kappa shape index (κ2) is 4.74. The number of hydrogen-bond donors (Lipinski definition) is 0. The number of hydrogen-bond acceptors (Lipinski definition) is 3. The molecule has 0 aromatic carbocycles. The van der Waals surface area contributed by atoms with Crippen molar-refractivity contribution >= 4 is 23.1 Å². The molecule has 84 valence electrons. The molecular formula is C13H14O2S. The highest BCUT2D eigenvalue weighted by Gasteiger charge is 2.22. The topological polar surface area (TPSA) is 26.3 Å². The molecule has 0 amide bonds. The zero-order valence-corrected chi connectivity index (χ0v) is 10.0. The Morgan fingerprint density at radius 2 is 2.38 bits per heavy atom. The van der Waals surface area contributed by atoms with Gasteiger partial charge in [-0.05, 0) is 6.08 Å². The molecule has 2 aliphatic carbocycles. The Morgan fingerprint density at radius 3 is 3.12 bits per heavy atom. The highest BCUT2D eigenvalue weighted by atomic mass is 32.1. The van der Waals surface area contributed by atoms with E-state index in [1.165, 1.54) is 5.57 Å². The molecule has 0 fully saturated rings. The minimum absolute atomic E-state index is 0.168. The van der Waals surface area contributed by atoms with Crippen molar-refractivity contribution in [2.24, 2.45) is 5.92 Å². The molecule has 0 spiro atoms. The summed E-state index contributed by atoms with van der Waals surface area (Å²) in [5, 5.41) is 0. The zero-order valence-electron chi connectivity index (χ0n) is 9.23. The van der Waals surface area contributed by atoms with Crippen LogP contribution in [0.15, 0.2) is 35.6 Å². The smallest absolute Gasteiger partial charge is 0.310 e. The Kier molecular flexibility index (Phi) is 3.34. The van der Waals surface area contributed by atoms with Gasteiger partial charge in [0.1, 0.15) is 5.76 Å². The molecule has 0 N–H and O–H groups in total. The predicted molar refractivity (Wildman–Crippen MR) is 67.0 cm³/mol. The van der Waals surface area contributed by atoms with E-state index in [2.05, 4.69) is 6.08 Å². The van der Waals surface area contributed by atoms with Crippen molar-refractivity contribution in [1.29, 1.82) is 0 Å². The minimum atomic E-state index is -0.168. The van der Waals surface area contributed by atoms with E-state index in [9.17, 15) is 4.79 Å². The Labute approximate surface area is 101 Å². The summed E-state index contributed by atoms with van der Waals surface area (Å²) < 4.78 is 5.23. The Balaban J connectivity index is 2.09. The maximum Gasteiger partial charge on any atom is 0.310 e. The van der Waals surface area contributed by atoms with E-state index in [1.807, 2.05) is 18.2 Å². The third-order valence-electron chi connectivity index (χ3n) is 2.81. The molecule has 1 unspecified atom stereocenters. The lowest BCUT2D eigenvalue weighted by molar-refractivity contribution is -0.139. The fourth-order valence-electron chi connectivity index (χ4n) is 1.90. The van der Waals surface area contributed by atoms with Crippen LogP contribution in [0.1, 0.15) is 26.2 Å². The van der Waals surface area contributed by atoms with Crippen LogP contribution in [-0.2, 0) is 9.53 Å². The van der Waals surface area contributed by atoms with Crippen molar-refractivity contribution in [2.45, 2.75) is 26.2 Å². The standard InChI is InChI=1S/C13H14O2S/c1-2-13(14)15-11-5-3-10-8-12(16)6-4-9(10)7-11/h3-6,9H,2,7-8H2,1H3. The number of rotatable bonds is 2. The number of carbonyl (C=O) groups is 1. The molecule has 0 saturated carbocycles. The molecule has 0 saturated heterocycles. The van der Waals surface area contributed by atoms with E-state index in [4.69, 9.17) is 17.0 Å². The normalized spacial score (nSPS) is 23.3. The highest BCUT2D eigenvalue weighted by molar-refractivity contribution is 7.80. The fraction of sp³-hybridized carbons (Fsp3) is 0.385. The largest absolute Gasteiger partial charge is 0.431 e. The third kappa shape index (κ3) is 2.47. The summed E-state index contributed by atoms with van der Waals surface area (Å²) in [4.78, 5) is 12.1. The molecule has 16 heavy (non-hydrogen) atoms. The molecule has 0 bridgehead atoms. The number of carbonyl (C=O) groups excluding carboxylic acids is 1. The molecule has 0 aliphatic heterocycles. The lowest BCUT2D eigenvalue weighted by Crippen LogP contribution is -2.16. The molecule has 2 aliphatic rings. The van der Waals surface area contributed by atoms with Crippen molar-refractivity contribution in [3.05, 3.63) is 35.6 Å². The van der Waals surface area contributed by atoms with E-state index in [0.717, 1.165) is 23.5 Å². The van der Waals surface area contributed by atoms with Crippen LogP contribution in [0.3, 0.4) is 0 Å². The first kappa shape index (κ1) is 11.3. The maximum absolute atomic E-state index is 11.2. The van der Waals surface area contributed by atoms with Crippen molar-refractivity contribution in [2.75, 3.05) is 0 Å². The van der Waals surface area contributed by atoms with Crippen molar-refractivity contribution < 1.29 is 9.53 Å². The van der Waals surface area contributed by atoms with Crippen molar-refractivity contribution in [1.82, 2.24) is 0 Å². The van der Waals surface area contributed by atoms with Crippen molar-refractivity contribution in [3.63, 3.8) is 0 Å². The lowest BCUT2D eigenvalue weighted by Gasteiger charge is -2.24. The highest BCUT2D eigenvalue weighted by Crippen LogP contribution is 2.32. The van der Waals surface area contributed by atoms with Gasteiger partial charge in [-0.3, -0.25) is 4.79 Å². The molecule has 3 heteroatoms. The van der Waals surface area contributed by atoms with Gasteiger partial charge in [-0.25, -0.2) is 0 Å². The molecule has 0 aromatic rings. The van der Waals surface area contributed by atoms with Crippen LogP contribution in [0.5, 0.6) is 0 Å². The van der Waals surface area contributed by atoms with E-state index in [0.29, 0.717) is 12.3 Å². The first-order valence-electron chi connectivity index (χ1n) is 5.50. The van der Waals surface area contributed by atoms with Crippen LogP contribution >= 0.6 is 12.2 Å². The van der Waals surface area contributed by atoms with Gasteiger partial charge in [0.25, 0.3) is 0 Å². The van der Waals surface area contributed by atoms with Crippen LogP contribution in [-0.4, -0.2) is 10.8 Å². The van der Waals surface area contributed by atoms with Crippen LogP contribution in [0, 0.1) is 5.92 Å². The van der Waals surface area contributed by atoms with Gasteiger partial charge < -0.3 is 4.74 Å². The predicted octanol–water partition coefficient (Wildman–Crippen LogP) is 3.10. The van der Waals surface area contributed by atoms with E-state index in [1.54, 1.807) is 6.92 Å². The Morgan fingerprint density at radius 1 is 1.56 bits per heavy atom. The summed E-state index contributed by atoms with van der Waals surface area (Å²) in [5.74, 6) is 0.952. The summed E-state index contributed by atoms with van der Waals surface area (Å²) in [6.45, 7) is 1.80. The number of esters is 1. The van der Waals surface area contributed by atoms with E-state index >= 15 is 0 Å². The van der Waals surface area contributed by atoms with Gasteiger partial charge in [-0.15, -0.1) is 0 Å². The summed E-state index contributed by atoms with van der Waals surface area (Å²) in [6, 6.07) is 0. The fourth-order valence-corrected chi connectivity index (χ4v) is 2.14.